The van der Waals surface area contributed by atoms with Crippen LogP contribution < -0.4 is 16.1 Å². The van der Waals surface area contributed by atoms with Gasteiger partial charge in [0.2, 0.25) is 5.43 Å². The van der Waals surface area contributed by atoms with Gasteiger partial charge in [-0.2, -0.15) is 0 Å². The molecule has 1 saturated heterocycles. The Morgan fingerprint density at radius 1 is 1.37 bits per heavy atom. The van der Waals surface area contributed by atoms with Crippen molar-refractivity contribution >= 4 is 34.2 Å². The smallest absolute Gasteiger partial charge is 0.341 e. The molecule has 1 aromatic heterocycles. The number of carboxylic acids is 1. The van der Waals surface area contributed by atoms with Gasteiger partial charge in [-0.1, -0.05) is 35.9 Å². The molecule has 156 valence electrons. The lowest BCUT2D eigenvalue weighted by Crippen LogP contribution is -2.46. The van der Waals surface area contributed by atoms with Gasteiger partial charge >= 0.3 is 5.97 Å². The third-order valence-electron chi connectivity index (χ3n) is 6.20. The summed E-state index contributed by atoms with van der Waals surface area (Å²) in [7, 11) is 0. The van der Waals surface area contributed by atoms with Crippen molar-refractivity contribution in [1.82, 2.24) is 4.57 Å². The molecule has 2 aliphatic carbocycles. The number of hydrogen-bond acceptors (Lipinski definition) is 4. The number of halogens is 3. The Morgan fingerprint density at radius 3 is 2.73 bits per heavy atom. The number of pyridine rings is 1. The lowest BCUT2D eigenvalue weighted by atomic mass is 9.85. The zero-order chi connectivity index (χ0) is 21.4. The van der Waals surface area contributed by atoms with Crippen molar-refractivity contribution in [2.24, 2.45) is 11.7 Å². The van der Waals surface area contributed by atoms with Gasteiger partial charge in [0.25, 0.3) is 0 Å². The van der Waals surface area contributed by atoms with Crippen LogP contribution in [0.15, 0.2) is 41.4 Å². The first-order valence-electron chi connectivity index (χ1n) is 9.55. The zero-order valence-electron chi connectivity index (χ0n) is 15.7. The van der Waals surface area contributed by atoms with Crippen LogP contribution in [0.5, 0.6) is 0 Å². The number of anilines is 1. The van der Waals surface area contributed by atoms with E-state index in [1.807, 2.05) is 24.3 Å². The lowest BCUT2D eigenvalue weighted by molar-refractivity contribution is 0.0694. The summed E-state index contributed by atoms with van der Waals surface area (Å²) in [6, 6.07) is 0.351. The van der Waals surface area contributed by atoms with E-state index < -0.39 is 40.5 Å². The minimum atomic E-state index is -1.46. The third kappa shape index (κ3) is 2.70. The predicted octanol–water partition coefficient (Wildman–Crippen LogP) is 3.03. The fraction of sp³-hybridized carbons (Fsp3) is 0.333. The molecule has 5 rings (SSSR count). The third-order valence-corrected chi connectivity index (χ3v) is 6.56. The second-order valence-electron chi connectivity index (χ2n) is 8.16. The van der Waals surface area contributed by atoms with E-state index in [2.05, 4.69) is 0 Å². The average Bonchev–Trinajstić information content (AvgIpc) is 3.29. The summed E-state index contributed by atoms with van der Waals surface area (Å²) < 4.78 is 30.4. The molecule has 1 aliphatic heterocycles. The van der Waals surface area contributed by atoms with Gasteiger partial charge in [-0.15, -0.1) is 0 Å². The Kier molecular flexibility index (Phi) is 4.10. The number of nitrogens with zero attached hydrogens (tertiary/aromatic N) is 2. The highest BCUT2D eigenvalue weighted by Gasteiger charge is 2.44. The second kappa shape index (κ2) is 6.39. The molecule has 1 saturated carbocycles. The van der Waals surface area contributed by atoms with Crippen molar-refractivity contribution in [2.75, 3.05) is 18.0 Å². The van der Waals surface area contributed by atoms with Gasteiger partial charge < -0.3 is 20.3 Å². The van der Waals surface area contributed by atoms with E-state index in [1.165, 1.54) is 4.57 Å². The summed E-state index contributed by atoms with van der Waals surface area (Å²) in [4.78, 5) is 25.9. The molecule has 2 aromatic rings. The molecule has 4 atom stereocenters. The maximum Gasteiger partial charge on any atom is 0.341 e. The number of benzene rings is 1. The standard InChI is InChI=1S/C21H18ClF2N3O3/c22-16-17-11(19(28)12(20(29)30)8-27(17)15-6-13(15)23)5-14(24)18(16)26-7-10-3-1-2-4-21(10,25)9-26/h1-5,8,10,13,15H,6-7,9,25H2,(H,29,30)/t10-,13-,15+,21-/m0/s1. The highest BCUT2D eigenvalue weighted by Crippen LogP contribution is 2.45. The quantitative estimate of drug-likeness (QED) is 0.776. The van der Waals surface area contributed by atoms with Gasteiger partial charge in [-0.3, -0.25) is 4.79 Å². The Bertz CT molecular complexity index is 1220. The van der Waals surface area contributed by atoms with Gasteiger partial charge in [0.1, 0.15) is 17.6 Å². The number of hydrogen-bond donors (Lipinski definition) is 2. The Labute approximate surface area is 174 Å². The van der Waals surface area contributed by atoms with E-state index in [0.29, 0.717) is 13.1 Å². The lowest BCUT2D eigenvalue weighted by Gasteiger charge is -2.27. The number of carbonyl (C=O) groups is 1. The summed E-state index contributed by atoms with van der Waals surface area (Å²) in [5, 5.41) is 9.13. The first-order valence-corrected chi connectivity index (χ1v) is 9.93. The normalized spacial score (nSPS) is 29.5. The maximum absolute atomic E-state index is 15.2. The Balaban J connectivity index is 1.73. The number of rotatable bonds is 3. The number of carboxylic acid groups (broad SMARTS) is 1. The topological polar surface area (TPSA) is 88.6 Å². The van der Waals surface area contributed by atoms with Crippen LogP contribution >= 0.6 is 11.6 Å². The van der Waals surface area contributed by atoms with Crippen LogP contribution in [0, 0.1) is 11.7 Å². The molecule has 2 heterocycles. The molecule has 0 bridgehead atoms. The van der Waals surface area contributed by atoms with E-state index in [9.17, 15) is 19.1 Å². The number of aromatic carboxylic acids is 1. The first kappa shape index (κ1) is 19.3. The van der Waals surface area contributed by atoms with Gasteiger partial charge in [0, 0.05) is 31.6 Å². The highest BCUT2D eigenvalue weighted by molar-refractivity contribution is 6.38. The number of alkyl halides is 1. The monoisotopic (exact) mass is 433 g/mol. The number of nitrogens with two attached hydrogens (primary N) is 1. The summed E-state index contributed by atoms with van der Waals surface area (Å²) in [5.74, 6) is -2.25. The fourth-order valence-electron chi connectivity index (χ4n) is 4.51. The van der Waals surface area contributed by atoms with E-state index in [-0.39, 0.29) is 34.0 Å². The molecular weight excluding hydrogens is 416 g/mol. The number of aromatic nitrogens is 1. The van der Waals surface area contributed by atoms with Crippen molar-refractivity contribution in [3.63, 3.8) is 0 Å². The molecule has 9 heteroatoms. The van der Waals surface area contributed by atoms with Crippen LogP contribution in [0.3, 0.4) is 0 Å². The van der Waals surface area contributed by atoms with Crippen LogP contribution in [0.4, 0.5) is 14.5 Å². The summed E-state index contributed by atoms with van der Waals surface area (Å²) in [6.07, 6.45) is 7.66. The minimum absolute atomic E-state index is 0.0381. The largest absolute Gasteiger partial charge is 0.477 e. The molecule has 0 unspecified atom stereocenters. The molecule has 2 fully saturated rings. The maximum atomic E-state index is 15.2. The van der Waals surface area contributed by atoms with E-state index >= 15 is 4.39 Å². The van der Waals surface area contributed by atoms with Crippen LogP contribution in [-0.4, -0.2) is 40.4 Å². The average molecular weight is 434 g/mol. The van der Waals surface area contributed by atoms with Gasteiger partial charge in [-0.05, 0) is 6.07 Å². The fourth-order valence-corrected chi connectivity index (χ4v) is 4.92. The molecular formula is C21H18ClF2N3O3. The second-order valence-corrected chi connectivity index (χ2v) is 8.54. The minimum Gasteiger partial charge on any atom is -0.477 e. The van der Waals surface area contributed by atoms with Gasteiger partial charge in [0.15, 0.2) is 0 Å². The molecule has 6 nitrogen and oxygen atoms in total. The Hall–Kier alpha value is -2.71. The Morgan fingerprint density at radius 2 is 2.10 bits per heavy atom. The zero-order valence-corrected chi connectivity index (χ0v) is 16.4. The van der Waals surface area contributed by atoms with E-state index in [0.717, 1.165) is 12.3 Å². The summed E-state index contributed by atoms with van der Waals surface area (Å²) >= 11 is 6.61. The van der Waals surface area contributed by atoms with Crippen molar-refractivity contribution in [3.05, 3.63) is 63.2 Å². The predicted molar refractivity (Wildman–Crippen MR) is 110 cm³/mol. The van der Waals surface area contributed by atoms with Crippen LogP contribution in [0.2, 0.25) is 5.02 Å². The van der Waals surface area contributed by atoms with Crippen LogP contribution in [0.25, 0.3) is 10.9 Å². The highest BCUT2D eigenvalue weighted by atomic mass is 35.5. The van der Waals surface area contributed by atoms with Gasteiger partial charge in [0.05, 0.1) is 33.2 Å². The van der Waals surface area contributed by atoms with Crippen LogP contribution in [-0.2, 0) is 0 Å². The van der Waals surface area contributed by atoms with Crippen molar-refractivity contribution in [3.8, 4) is 0 Å². The van der Waals surface area contributed by atoms with Crippen LogP contribution in [0.1, 0.15) is 22.8 Å². The molecule has 3 N–H and O–H groups in total. The van der Waals surface area contributed by atoms with E-state index in [4.69, 9.17) is 17.3 Å². The van der Waals surface area contributed by atoms with Gasteiger partial charge in [-0.25, -0.2) is 13.6 Å². The first-order chi connectivity index (χ1) is 14.2. The molecule has 3 aliphatic rings. The molecule has 30 heavy (non-hydrogen) atoms. The number of fused-ring (bicyclic) bond motifs is 2. The van der Waals surface area contributed by atoms with E-state index in [1.54, 1.807) is 4.90 Å². The summed E-state index contributed by atoms with van der Waals surface area (Å²) in [6.45, 7) is 0.735. The molecule has 0 amide bonds. The van der Waals surface area contributed by atoms with Crippen molar-refractivity contribution < 1.29 is 18.7 Å². The summed E-state index contributed by atoms with van der Waals surface area (Å²) in [5.41, 5.74) is 4.62. The molecule has 0 radical (unpaired) electrons. The van der Waals surface area contributed by atoms with Crippen molar-refractivity contribution in [2.45, 2.75) is 24.2 Å². The number of allylic oxidation sites excluding steroid dienone is 2. The SMILES string of the molecule is N[C@]12C=CC=C[C@H]1CN(c1c(F)cc3c(=O)c(C(=O)O)cn([C@@H]4C[C@@H]4F)c3c1Cl)C2. The molecule has 1 aromatic carbocycles. The van der Waals surface area contributed by atoms with Crippen molar-refractivity contribution in [1.29, 1.82) is 0 Å². The molecule has 0 spiro atoms.